The smallest absolute Gasteiger partial charge is 0.242 e. The molecule has 0 saturated carbocycles. The van der Waals surface area contributed by atoms with Crippen molar-refractivity contribution in [2.75, 3.05) is 12.3 Å². The summed E-state index contributed by atoms with van der Waals surface area (Å²) >= 11 is 0. The van der Waals surface area contributed by atoms with Crippen LogP contribution in [-0.2, 0) is 20.0 Å². The number of hydrogen-bond donors (Lipinski definition) is 5. The number of benzene rings is 1. The second-order valence-electron chi connectivity index (χ2n) is 7.23. The lowest BCUT2D eigenvalue weighted by Gasteiger charge is -2.25. The first-order valence-electron chi connectivity index (χ1n) is 8.76. The number of aromatic amines is 1. The number of primary sulfonamides is 1. The molecule has 3 aromatic rings. The number of hydrogen-bond acceptors (Lipinski definition) is 10. The van der Waals surface area contributed by atoms with E-state index in [9.17, 15) is 16.8 Å². The minimum absolute atomic E-state index is 0.0427. The van der Waals surface area contributed by atoms with Crippen LogP contribution in [0, 0.1) is 0 Å². The average Bonchev–Trinajstić information content (AvgIpc) is 3.20. The Morgan fingerprint density at radius 1 is 1.13 bits per heavy atom. The quantitative estimate of drug-likeness (QED) is 0.290. The van der Waals surface area contributed by atoms with Crippen molar-refractivity contribution in [1.29, 1.82) is 0 Å². The normalized spacial score (nSPS) is 12.8. The molecule has 166 valence electrons. The van der Waals surface area contributed by atoms with Crippen molar-refractivity contribution in [3.8, 4) is 22.5 Å². The molecule has 31 heavy (non-hydrogen) atoms. The van der Waals surface area contributed by atoms with Crippen molar-refractivity contribution < 1.29 is 16.8 Å². The van der Waals surface area contributed by atoms with E-state index in [0.717, 1.165) is 6.07 Å². The van der Waals surface area contributed by atoms with Gasteiger partial charge in [-0.1, -0.05) is 6.07 Å². The van der Waals surface area contributed by atoms with Crippen LogP contribution in [0.2, 0.25) is 0 Å². The van der Waals surface area contributed by atoms with Crippen molar-refractivity contribution in [3.63, 3.8) is 0 Å². The Hall–Kier alpha value is -2.98. The molecule has 0 bridgehead atoms. The van der Waals surface area contributed by atoms with Crippen LogP contribution in [0.25, 0.3) is 22.5 Å². The van der Waals surface area contributed by atoms with E-state index in [4.69, 9.17) is 16.6 Å². The predicted molar refractivity (Wildman–Crippen MR) is 112 cm³/mol. The Morgan fingerprint density at radius 3 is 2.39 bits per heavy atom. The highest BCUT2D eigenvalue weighted by Gasteiger charge is 2.34. The first-order valence-corrected chi connectivity index (χ1v) is 11.8. The fraction of sp³-hybridized carbons (Fsp3) is 0.250. The van der Waals surface area contributed by atoms with Gasteiger partial charge < -0.3 is 11.5 Å². The number of H-pyrrole nitrogens is 1. The van der Waals surface area contributed by atoms with E-state index in [-0.39, 0.29) is 29.3 Å². The lowest BCUT2D eigenvalue weighted by atomic mass is 9.99. The fourth-order valence-corrected chi connectivity index (χ4v) is 5.90. The SMILES string of the molecule is CC(C)(CN)NS(=O)(=O)c1ccc(-c2cccnc2N)c(-c2nn[nH]n2)c1S(N)(=O)=O. The molecule has 2 heterocycles. The van der Waals surface area contributed by atoms with Gasteiger partial charge in [0.15, 0.2) is 0 Å². The number of anilines is 1. The van der Waals surface area contributed by atoms with E-state index in [2.05, 4.69) is 30.3 Å². The number of rotatable bonds is 7. The van der Waals surface area contributed by atoms with E-state index >= 15 is 0 Å². The van der Waals surface area contributed by atoms with Crippen molar-refractivity contribution in [1.82, 2.24) is 30.3 Å². The van der Waals surface area contributed by atoms with Gasteiger partial charge in [-0.3, -0.25) is 0 Å². The maximum absolute atomic E-state index is 13.1. The number of nitrogens with one attached hydrogen (secondary N) is 2. The maximum Gasteiger partial charge on any atom is 0.242 e. The summed E-state index contributed by atoms with van der Waals surface area (Å²) in [6, 6.07) is 5.65. The Bertz CT molecular complexity index is 1320. The molecule has 3 rings (SSSR count). The molecule has 0 radical (unpaired) electrons. The third-order valence-corrected chi connectivity index (χ3v) is 7.18. The lowest BCUT2D eigenvalue weighted by molar-refractivity contribution is 0.461. The van der Waals surface area contributed by atoms with Gasteiger partial charge in [-0.15, -0.1) is 10.2 Å². The molecule has 0 unspecified atom stereocenters. The molecular weight excluding hydrogens is 446 g/mol. The summed E-state index contributed by atoms with van der Waals surface area (Å²) in [4.78, 5) is 2.68. The largest absolute Gasteiger partial charge is 0.383 e. The summed E-state index contributed by atoms with van der Waals surface area (Å²) in [6.07, 6.45) is 1.45. The van der Waals surface area contributed by atoms with Gasteiger partial charge in [0.2, 0.25) is 25.9 Å². The van der Waals surface area contributed by atoms with Crippen LogP contribution in [0.4, 0.5) is 5.82 Å². The van der Waals surface area contributed by atoms with Gasteiger partial charge in [-0.25, -0.2) is 31.7 Å². The average molecular weight is 468 g/mol. The highest BCUT2D eigenvalue weighted by molar-refractivity contribution is 7.92. The molecule has 13 nitrogen and oxygen atoms in total. The number of nitrogens with zero attached hydrogens (tertiary/aromatic N) is 4. The zero-order chi connectivity index (χ0) is 23.0. The number of pyridine rings is 1. The predicted octanol–water partition coefficient (Wildman–Crippen LogP) is -0.826. The fourth-order valence-electron chi connectivity index (χ4n) is 2.88. The Balaban J connectivity index is 2.45. The monoisotopic (exact) mass is 467 g/mol. The molecule has 0 aliphatic carbocycles. The molecule has 0 aliphatic rings. The molecular formula is C16H21N9O4S2. The number of nitrogens with two attached hydrogens (primary N) is 3. The highest BCUT2D eigenvalue weighted by Crippen LogP contribution is 2.40. The molecule has 0 spiro atoms. The summed E-state index contributed by atoms with van der Waals surface area (Å²) < 4.78 is 53.9. The van der Waals surface area contributed by atoms with E-state index in [0.29, 0.717) is 5.56 Å². The van der Waals surface area contributed by atoms with Crippen LogP contribution in [0.1, 0.15) is 13.8 Å². The molecule has 2 aromatic heterocycles. The molecule has 0 aliphatic heterocycles. The Kier molecular flexibility index (Phi) is 5.81. The molecule has 15 heteroatoms. The Labute approximate surface area is 178 Å². The van der Waals surface area contributed by atoms with Gasteiger partial charge in [0.1, 0.15) is 15.6 Å². The van der Waals surface area contributed by atoms with Crippen molar-refractivity contribution in [3.05, 3.63) is 30.5 Å². The standard InChI is InChI=1S/C16H21N9O4S2/c1-16(2,8-17)23-31(28,29)11-6-5-9(10-4-3-7-20-14(10)18)12(13(11)30(19,26)27)15-21-24-25-22-15/h3-7,23H,8,17H2,1-2H3,(H2,18,20)(H2,19,26,27)(H,21,22,24,25). The van der Waals surface area contributed by atoms with Crippen LogP contribution < -0.4 is 21.3 Å². The van der Waals surface area contributed by atoms with E-state index in [1.807, 2.05) is 0 Å². The first kappa shape index (κ1) is 22.7. The minimum atomic E-state index is -4.61. The van der Waals surface area contributed by atoms with Crippen LogP contribution >= 0.6 is 0 Å². The number of aromatic nitrogens is 5. The molecule has 0 saturated heterocycles. The van der Waals surface area contributed by atoms with Gasteiger partial charge in [-0.2, -0.15) is 5.21 Å². The van der Waals surface area contributed by atoms with Gasteiger partial charge in [-0.05, 0) is 42.8 Å². The van der Waals surface area contributed by atoms with E-state index in [1.54, 1.807) is 26.0 Å². The first-order chi connectivity index (χ1) is 14.4. The summed E-state index contributed by atoms with van der Waals surface area (Å²) in [5.74, 6) is -0.122. The van der Waals surface area contributed by atoms with Crippen LogP contribution in [0.3, 0.4) is 0 Å². The second kappa shape index (κ2) is 7.93. The van der Waals surface area contributed by atoms with Crippen molar-refractivity contribution in [2.24, 2.45) is 10.9 Å². The molecule has 8 N–H and O–H groups in total. The number of nitrogen functional groups attached to an aromatic ring is 1. The van der Waals surface area contributed by atoms with E-state index in [1.165, 1.54) is 12.3 Å². The third kappa shape index (κ3) is 4.54. The summed E-state index contributed by atoms with van der Waals surface area (Å²) in [5, 5.41) is 18.8. The summed E-state index contributed by atoms with van der Waals surface area (Å²) in [5.41, 5.74) is 10.8. The lowest BCUT2D eigenvalue weighted by Crippen LogP contribution is -2.49. The number of tetrazole rings is 1. The van der Waals surface area contributed by atoms with Gasteiger partial charge in [0, 0.05) is 23.8 Å². The number of sulfonamides is 2. The molecule has 0 atom stereocenters. The summed E-state index contributed by atoms with van der Waals surface area (Å²) in [6.45, 7) is 3.05. The Morgan fingerprint density at radius 2 is 1.84 bits per heavy atom. The van der Waals surface area contributed by atoms with Gasteiger partial charge >= 0.3 is 0 Å². The molecule has 1 aromatic carbocycles. The van der Waals surface area contributed by atoms with Crippen LogP contribution in [0.5, 0.6) is 0 Å². The van der Waals surface area contributed by atoms with Crippen LogP contribution in [-0.4, -0.2) is 54.5 Å². The summed E-state index contributed by atoms with van der Waals surface area (Å²) in [7, 11) is -9.00. The van der Waals surface area contributed by atoms with Crippen molar-refractivity contribution in [2.45, 2.75) is 29.2 Å². The maximum atomic E-state index is 13.1. The van der Waals surface area contributed by atoms with Gasteiger partial charge in [0.25, 0.3) is 0 Å². The molecule has 0 fully saturated rings. The van der Waals surface area contributed by atoms with E-state index < -0.39 is 35.4 Å². The topological polar surface area (TPSA) is 226 Å². The van der Waals surface area contributed by atoms with Crippen LogP contribution in [0.15, 0.2) is 40.3 Å². The van der Waals surface area contributed by atoms with Crippen molar-refractivity contribution >= 4 is 25.9 Å². The van der Waals surface area contributed by atoms with Gasteiger partial charge in [0.05, 0.1) is 5.56 Å². The molecule has 0 amide bonds. The second-order valence-corrected chi connectivity index (χ2v) is 10.4. The minimum Gasteiger partial charge on any atom is -0.383 e. The highest BCUT2D eigenvalue weighted by atomic mass is 32.2. The zero-order valence-electron chi connectivity index (χ0n) is 16.6. The zero-order valence-corrected chi connectivity index (χ0v) is 18.2. The third-order valence-electron chi connectivity index (χ3n) is 4.31.